The summed E-state index contributed by atoms with van der Waals surface area (Å²) in [4.78, 5) is 2.15. The lowest BCUT2D eigenvalue weighted by Gasteiger charge is -2.21. The number of halogens is 1. The SMILES string of the molecule is COc1ccc(CN(C)[C@@H](C)c2nnc(-c3cccc(Cl)c3)o2)cc1. The lowest BCUT2D eigenvalue weighted by atomic mass is 10.2. The molecule has 6 heteroatoms. The molecule has 0 fully saturated rings. The molecule has 3 aromatic rings. The highest BCUT2D eigenvalue weighted by Gasteiger charge is 2.19. The standard InChI is InChI=1S/C19H20ClN3O2/c1-13(23(2)12-14-7-9-17(24-3)10-8-14)18-21-22-19(25-18)15-5-4-6-16(20)11-15/h4-11,13H,12H2,1-3H3/t13-/m0/s1. The van der Waals surface area contributed by atoms with Gasteiger partial charge < -0.3 is 9.15 Å². The molecular weight excluding hydrogens is 338 g/mol. The van der Waals surface area contributed by atoms with Gasteiger partial charge in [0.15, 0.2) is 0 Å². The maximum absolute atomic E-state index is 6.02. The Morgan fingerprint density at radius 2 is 1.92 bits per heavy atom. The number of nitrogens with zero attached hydrogens (tertiary/aromatic N) is 3. The first-order chi connectivity index (χ1) is 12.1. The Kier molecular flexibility index (Phi) is 5.36. The summed E-state index contributed by atoms with van der Waals surface area (Å²) in [6.45, 7) is 2.80. The van der Waals surface area contributed by atoms with Crippen LogP contribution in [-0.4, -0.2) is 29.3 Å². The average molecular weight is 358 g/mol. The minimum Gasteiger partial charge on any atom is -0.497 e. The van der Waals surface area contributed by atoms with Gasteiger partial charge in [-0.15, -0.1) is 10.2 Å². The van der Waals surface area contributed by atoms with E-state index in [1.807, 2.05) is 62.5 Å². The topological polar surface area (TPSA) is 51.4 Å². The molecule has 130 valence electrons. The van der Waals surface area contributed by atoms with E-state index < -0.39 is 0 Å². The predicted octanol–water partition coefficient (Wildman–Crippen LogP) is 4.59. The van der Waals surface area contributed by atoms with Crippen LogP contribution in [-0.2, 0) is 6.54 Å². The van der Waals surface area contributed by atoms with Crippen LogP contribution in [0, 0.1) is 0 Å². The van der Waals surface area contributed by atoms with Gasteiger partial charge in [-0.2, -0.15) is 0 Å². The van der Waals surface area contributed by atoms with Crippen molar-refractivity contribution in [2.24, 2.45) is 0 Å². The van der Waals surface area contributed by atoms with Gasteiger partial charge in [0.25, 0.3) is 0 Å². The zero-order chi connectivity index (χ0) is 17.8. The molecule has 0 saturated heterocycles. The average Bonchev–Trinajstić information content (AvgIpc) is 3.12. The zero-order valence-corrected chi connectivity index (χ0v) is 15.2. The highest BCUT2D eigenvalue weighted by atomic mass is 35.5. The normalized spacial score (nSPS) is 12.4. The summed E-state index contributed by atoms with van der Waals surface area (Å²) in [6.07, 6.45) is 0. The Bertz CT molecular complexity index is 833. The van der Waals surface area contributed by atoms with Crippen molar-refractivity contribution in [1.82, 2.24) is 15.1 Å². The van der Waals surface area contributed by atoms with Crippen molar-refractivity contribution in [3.63, 3.8) is 0 Å². The highest BCUT2D eigenvalue weighted by molar-refractivity contribution is 6.30. The maximum atomic E-state index is 6.02. The molecular formula is C19H20ClN3O2. The molecule has 1 aromatic heterocycles. The van der Waals surface area contributed by atoms with Crippen LogP contribution >= 0.6 is 11.6 Å². The first-order valence-electron chi connectivity index (χ1n) is 7.99. The van der Waals surface area contributed by atoms with Gasteiger partial charge in [-0.3, -0.25) is 4.90 Å². The molecule has 25 heavy (non-hydrogen) atoms. The molecule has 0 radical (unpaired) electrons. The Morgan fingerprint density at radius 1 is 1.16 bits per heavy atom. The summed E-state index contributed by atoms with van der Waals surface area (Å²) in [5.74, 6) is 1.90. The molecule has 0 spiro atoms. The van der Waals surface area contributed by atoms with Gasteiger partial charge in [0.2, 0.25) is 11.8 Å². The van der Waals surface area contributed by atoms with Crippen LogP contribution in [0.3, 0.4) is 0 Å². The number of hydrogen-bond donors (Lipinski definition) is 0. The van der Waals surface area contributed by atoms with Gasteiger partial charge in [0.05, 0.1) is 13.2 Å². The fourth-order valence-corrected chi connectivity index (χ4v) is 2.68. The number of rotatable bonds is 6. The van der Waals surface area contributed by atoms with Crippen LogP contribution in [0.5, 0.6) is 5.75 Å². The van der Waals surface area contributed by atoms with E-state index in [1.54, 1.807) is 7.11 Å². The minimum absolute atomic E-state index is 0.0115. The number of hydrogen-bond acceptors (Lipinski definition) is 5. The largest absolute Gasteiger partial charge is 0.497 e. The Morgan fingerprint density at radius 3 is 2.60 bits per heavy atom. The molecule has 0 aliphatic rings. The van der Waals surface area contributed by atoms with Gasteiger partial charge in [0, 0.05) is 17.1 Å². The van der Waals surface area contributed by atoms with E-state index in [1.165, 1.54) is 5.56 Å². The van der Waals surface area contributed by atoms with Gasteiger partial charge >= 0.3 is 0 Å². The summed E-state index contributed by atoms with van der Waals surface area (Å²) in [6, 6.07) is 15.4. The summed E-state index contributed by atoms with van der Waals surface area (Å²) in [5.41, 5.74) is 2.00. The first-order valence-corrected chi connectivity index (χ1v) is 8.37. The molecule has 3 rings (SSSR count). The molecule has 0 saturated carbocycles. The summed E-state index contributed by atoms with van der Waals surface area (Å²) >= 11 is 6.02. The second-order valence-electron chi connectivity index (χ2n) is 5.89. The quantitative estimate of drug-likeness (QED) is 0.645. The van der Waals surface area contributed by atoms with Gasteiger partial charge in [-0.1, -0.05) is 29.8 Å². The van der Waals surface area contributed by atoms with Crippen LogP contribution in [0.2, 0.25) is 5.02 Å². The molecule has 2 aromatic carbocycles. The fourth-order valence-electron chi connectivity index (χ4n) is 2.49. The second kappa shape index (κ2) is 7.68. The molecule has 0 amide bonds. The third kappa shape index (κ3) is 4.18. The van der Waals surface area contributed by atoms with Gasteiger partial charge in [-0.25, -0.2) is 0 Å². The molecule has 0 aliphatic carbocycles. The molecule has 1 heterocycles. The Hall–Kier alpha value is -2.37. The summed E-state index contributed by atoms with van der Waals surface area (Å²) in [7, 11) is 3.69. The van der Waals surface area contributed by atoms with E-state index >= 15 is 0 Å². The molecule has 0 aliphatic heterocycles. The van der Waals surface area contributed by atoms with E-state index in [0.717, 1.165) is 17.9 Å². The summed E-state index contributed by atoms with van der Waals surface area (Å²) in [5, 5.41) is 8.97. The van der Waals surface area contributed by atoms with Crippen LogP contribution in [0.1, 0.15) is 24.4 Å². The molecule has 5 nitrogen and oxygen atoms in total. The van der Waals surface area contributed by atoms with E-state index in [-0.39, 0.29) is 6.04 Å². The third-order valence-corrected chi connectivity index (χ3v) is 4.36. The van der Waals surface area contributed by atoms with Crippen molar-refractivity contribution in [2.75, 3.05) is 14.2 Å². The second-order valence-corrected chi connectivity index (χ2v) is 6.33. The number of ether oxygens (including phenoxy) is 1. The monoisotopic (exact) mass is 357 g/mol. The van der Waals surface area contributed by atoms with Crippen molar-refractivity contribution >= 4 is 11.6 Å². The Labute approximate surface area is 152 Å². The fraction of sp³-hybridized carbons (Fsp3) is 0.263. The van der Waals surface area contributed by atoms with Crippen molar-refractivity contribution in [3.8, 4) is 17.2 Å². The van der Waals surface area contributed by atoms with Crippen molar-refractivity contribution in [1.29, 1.82) is 0 Å². The van der Waals surface area contributed by atoms with Crippen molar-refractivity contribution in [3.05, 3.63) is 65.0 Å². The van der Waals surface area contributed by atoms with Crippen LogP contribution < -0.4 is 4.74 Å². The van der Waals surface area contributed by atoms with E-state index in [9.17, 15) is 0 Å². The van der Waals surface area contributed by atoms with Gasteiger partial charge in [-0.05, 0) is 49.9 Å². The number of methoxy groups -OCH3 is 1. The number of benzene rings is 2. The zero-order valence-electron chi connectivity index (χ0n) is 14.4. The first kappa shape index (κ1) is 17.5. The minimum atomic E-state index is -0.0115. The predicted molar refractivity (Wildman–Crippen MR) is 97.6 cm³/mol. The van der Waals surface area contributed by atoms with Crippen LogP contribution in [0.15, 0.2) is 52.9 Å². The van der Waals surface area contributed by atoms with E-state index in [2.05, 4.69) is 15.1 Å². The van der Waals surface area contributed by atoms with E-state index in [4.69, 9.17) is 20.8 Å². The van der Waals surface area contributed by atoms with Crippen LogP contribution in [0.25, 0.3) is 11.5 Å². The lowest BCUT2D eigenvalue weighted by Crippen LogP contribution is -2.22. The number of aromatic nitrogens is 2. The molecule has 0 N–H and O–H groups in total. The van der Waals surface area contributed by atoms with Crippen molar-refractivity contribution < 1.29 is 9.15 Å². The van der Waals surface area contributed by atoms with Crippen molar-refractivity contribution in [2.45, 2.75) is 19.5 Å². The smallest absolute Gasteiger partial charge is 0.247 e. The lowest BCUT2D eigenvalue weighted by molar-refractivity contribution is 0.218. The molecule has 1 atom stereocenters. The Balaban J connectivity index is 1.70. The molecule has 0 bridgehead atoms. The maximum Gasteiger partial charge on any atom is 0.247 e. The van der Waals surface area contributed by atoms with E-state index in [0.29, 0.717) is 16.8 Å². The van der Waals surface area contributed by atoms with Gasteiger partial charge in [0.1, 0.15) is 5.75 Å². The van der Waals surface area contributed by atoms with Crippen LogP contribution in [0.4, 0.5) is 0 Å². The summed E-state index contributed by atoms with van der Waals surface area (Å²) < 4.78 is 11.0. The molecule has 0 unspecified atom stereocenters. The highest BCUT2D eigenvalue weighted by Crippen LogP contribution is 2.26. The third-order valence-electron chi connectivity index (χ3n) is 4.12.